The zero-order chi connectivity index (χ0) is 12.5. The Kier molecular flexibility index (Phi) is 3.58. The predicted molar refractivity (Wildman–Crippen MR) is 74.5 cm³/mol. The minimum atomic E-state index is 0.331. The van der Waals surface area contributed by atoms with Crippen molar-refractivity contribution in [3.05, 3.63) is 35.4 Å². The molecule has 1 aromatic carbocycles. The molecule has 1 fully saturated rings. The first-order chi connectivity index (χ1) is 7.97. The van der Waals surface area contributed by atoms with E-state index < -0.39 is 0 Å². The van der Waals surface area contributed by atoms with E-state index in [1.165, 1.54) is 31.5 Å². The molecule has 0 saturated carbocycles. The number of benzene rings is 1. The topological polar surface area (TPSA) is 3.24 Å². The molecule has 0 radical (unpaired) electrons. The van der Waals surface area contributed by atoms with Gasteiger partial charge in [0.05, 0.1) is 0 Å². The largest absolute Gasteiger partial charge is 0.298 e. The highest BCUT2D eigenvalue weighted by atomic mass is 15.2. The molecule has 1 saturated heterocycles. The van der Waals surface area contributed by atoms with Gasteiger partial charge in [-0.05, 0) is 65.1 Å². The van der Waals surface area contributed by atoms with Crippen LogP contribution in [-0.2, 0) is 0 Å². The third-order valence-electron chi connectivity index (χ3n) is 3.96. The second-order valence-corrected chi connectivity index (χ2v) is 6.35. The van der Waals surface area contributed by atoms with Crippen LogP contribution in [0.2, 0.25) is 0 Å². The molecule has 1 aromatic rings. The number of piperidine rings is 1. The van der Waals surface area contributed by atoms with E-state index >= 15 is 0 Å². The minimum absolute atomic E-state index is 0.331. The standard InChI is InChI=1S/C16H25N/c1-13-6-5-7-15(12-13)14-8-10-17(11-9-14)16(2,3)4/h5-7,12,14H,8-11H2,1-4H3. The van der Waals surface area contributed by atoms with Crippen LogP contribution in [0.4, 0.5) is 0 Å². The number of hydrogen-bond acceptors (Lipinski definition) is 1. The number of hydrogen-bond donors (Lipinski definition) is 0. The summed E-state index contributed by atoms with van der Waals surface area (Å²) in [4.78, 5) is 2.61. The molecule has 0 bridgehead atoms. The Morgan fingerprint density at radius 1 is 1.12 bits per heavy atom. The van der Waals surface area contributed by atoms with Crippen molar-refractivity contribution >= 4 is 0 Å². The summed E-state index contributed by atoms with van der Waals surface area (Å²) >= 11 is 0. The summed E-state index contributed by atoms with van der Waals surface area (Å²) in [6, 6.07) is 9.04. The van der Waals surface area contributed by atoms with Gasteiger partial charge in [0.15, 0.2) is 0 Å². The molecule has 0 amide bonds. The van der Waals surface area contributed by atoms with Crippen LogP contribution in [-0.4, -0.2) is 23.5 Å². The molecule has 2 rings (SSSR count). The highest BCUT2D eigenvalue weighted by Crippen LogP contribution is 2.31. The molecule has 1 aliphatic rings. The number of likely N-dealkylation sites (tertiary alicyclic amines) is 1. The van der Waals surface area contributed by atoms with Crippen LogP contribution < -0.4 is 0 Å². The van der Waals surface area contributed by atoms with Crippen LogP contribution in [0.25, 0.3) is 0 Å². The van der Waals surface area contributed by atoms with E-state index in [0.717, 1.165) is 5.92 Å². The molecule has 1 aliphatic heterocycles. The van der Waals surface area contributed by atoms with E-state index in [0.29, 0.717) is 5.54 Å². The Hall–Kier alpha value is -0.820. The molecule has 1 heteroatoms. The van der Waals surface area contributed by atoms with Crippen LogP contribution in [0.3, 0.4) is 0 Å². The van der Waals surface area contributed by atoms with Crippen LogP contribution in [0, 0.1) is 6.92 Å². The molecule has 0 spiro atoms. The van der Waals surface area contributed by atoms with Crippen molar-refractivity contribution in [1.29, 1.82) is 0 Å². The van der Waals surface area contributed by atoms with Gasteiger partial charge in [-0.25, -0.2) is 0 Å². The van der Waals surface area contributed by atoms with E-state index in [9.17, 15) is 0 Å². The zero-order valence-corrected chi connectivity index (χ0v) is 11.7. The maximum atomic E-state index is 2.61. The van der Waals surface area contributed by atoms with E-state index in [4.69, 9.17) is 0 Å². The van der Waals surface area contributed by atoms with Crippen molar-refractivity contribution < 1.29 is 0 Å². The van der Waals surface area contributed by atoms with Crippen LogP contribution in [0.15, 0.2) is 24.3 Å². The van der Waals surface area contributed by atoms with E-state index in [2.05, 4.69) is 56.9 Å². The second-order valence-electron chi connectivity index (χ2n) is 6.35. The van der Waals surface area contributed by atoms with Crippen molar-refractivity contribution in [2.75, 3.05) is 13.1 Å². The summed E-state index contributed by atoms with van der Waals surface area (Å²) < 4.78 is 0. The maximum absolute atomic E-state index is 2.61. The van der Waals surface area contributed by atoms with Gasteiger partial charge in [0, 0.05) is 5.54 Å². The average molecular weight is 231 g/mol. The monoisotopic (exact) mass is 231 g/mol. The second kappa shape index (κ2) is 4.81. The first kappa shape index (κ1) is 12.6. The Morgan fingerprint density at radius 3 is 2.29 bits per heavy atom. The predicted octanol–water partition coefficient (Wildman–Crippen LogP) is 3.97. The lowest BCUT2D eigenvalue weighted by Crippen LogP contribution is -2.45. The van der Waals surface area contributed by atoms with Crippen molar-refractivity contribution in [2.45, 2.75) is 52.0 Å². The molecule has 0 aromatic heterocycles. The quantitative estimate of drug-likeness (QED) is 0.707. The summed E-state index contributed by atoms with van der Waals surface area (Å²) in [5.74, 6) is 0.772. The van der Waals surface area contributed by atoms with Gasteiger partial charge in [0.2, 0.25) is 0 Å². The van der Waals surface area contributed by atoms with Crippen molar-refractivity contribution in [2.24, 2.45) is 0 Å². The number of nitrogens with zero attached hydrogens (tertiary/aromatic N) is 1. The SMILES string of the molecule is Cc1cccc(C2CCN(C(C)(C)C)CC2)c1. The first-order valence-corrected chi connectivity index (χ1v) is 6.78. The third-order valence-corrected chi connectivity index (χ3v) is 3.96. The smallest absolute Gasteiger partial charge is 0.0125 e. The molecule has 17 heavy (non-hydrogen) atoms. The Bertz CT molecular complexity index is 367. The molecular weight excluding hydrogens is 206 g/mol. The molecule has 0 atom stereocenters. The summed E-state index contributed by atoms with van der Waals surface area (Å²) in [6.45, 7) is 11.6. The van der Waals surface area contributed by atoms with Crippen molar-refractivity contribution in [3.8, 4) is 0 Å². The molecular formula is C16H25N. The molecule has 94 valence electrons. The summed E-state index contributed by atoms with van der Waals surface area (Å²) in [6.07, 6.45) is 2.61. The van der Waals surface area contributed by atoms with E-state index in [1.807, 2.05) is 0 Å². The molecule has 1 nitrogen and oxygen atoms in total. The molecule has 0 aliphatic carbocycles. The Morgan fingerprint density at radius 2 is 1.76 bits per heavy atom. The highest BCUT2D eigenvalue weighted by molar-refractivity contribution is 5.25. The fraction of sp³-hybridized carbons (Fsp3) is 0.625. The van der Waals surface area contributed by atoms with Crippen LogP contribution in [0.1, 0.15) is 50.7 Å². The lowest BCUT2D eigenvalue weighted by atomic mass is 9.87. The molecule has 1 heterocycles. The van der Waals surface area contributed by atoms with Crippen molar-refractivity contribution in [3.63, 3.8) is 0 Å². The Labute approximate surface area is 106 Å². The fourth-order valence-corrected chi connectivity index (χ4v) is 2.81. The Balaban J connectivity index is 2.00. The van der Waals surface area contributed by atoms with Crippen molar-refractivity contribution in [1.82, 2.24) is 4.90 Å². The zero-order valence-electron chi connectivity index (χ0n) is 11.7. The summed E-state index contributed by atoms with van der Waals surface area (Å²) in [5.41, 5.74) is 3.26. The fourth-order valence-electron chi connectivity index (χ4n) is 2.81. The lowest BCUT2D eigenvalue weighted by molar-refractivity contribution is 0.102. The number of rotatable bonds is 1. The van der Waals surface area contributed by atoms with E-state index in [-0.39, 0.29) is 0 Å². The third kappa shape index (κ3) is 3.10. The summed E-state index contributed by atoms with van der Waals surface area (Å²) in [7, 11) is 0. The molecule has 0 N–H and O–H groups in total. The lowest BCUT2D eigenvalue weighted by Gasteiger charge is -2.41. The van der Waals surface area contributed by atoms with E-state index in [1.54, 1.807) is 5.56 Å². The maximum Gasteiger partial charge on any atom is 0.0125 e. The highest BCUT2D eigenvalue weighted by Gasteiger charge is 2.27. The van der Waals surface area contributed by atoms with Gasteiger partial charge in [0.1, 0.15) is 0 Å². The van der Waals surface area contributed by atoms with Gasteiger partial charge >= 0.3 is 0 Å². The van der Waals surface area contributed by atoms with Gasteiger partial charge in [-0.2, -0.15) is 0 Å². The molecule has 0 unspecified atom stereocenters. The minimum Gasteiger partial charge on any atom is -0.298 e. The van der Waals surface area contributed by atoms with Gasteiger partial charge in [-0.3, -0.25) is 4.90 Å². The average Bonchev–Trinajstić information content (AvgIpc) is 2.28. The normalized spacial score (nSPS) is 19.5. The van der Waals surface area contributed by atoms with Crippen LogP contribution in [0.5, 0.6) is 0 Å². The first-order valence-electron chi connectivity index (χ1n) is 6.78. The van der Waals surface area contributed by atoms with Gasteiger partial charge in [0.25, 0.3) is 0 Å². The van der Waals surface area contributed by atoms with Gasteiger partial charge < -0.3 is 0 Å². The van der Waals surface area contributed by atoms with Gasteiger partial charge in [-0.15, -0.1) is 0 Å². The van der Waals surface area contributed by atoms with Crippen LogP contribution >= 0.6 is 0 Å². The number of aryl methyl sites for hydroxylation is 1. The van der Waals surface area contributed by atoms with Gasteiger partial charge in [-0.1, -0.05) is 29.8 Å². The summed E-state index contributed by atoms with van der Waals surface area (Å²) in [5, 5.41) is 0.